The van der Waals surface area contributed by atoms with Gasteiger partial charge in [-0.3, -0.25) is 4.79 Å². The van der Waals surface area contributed by atoms with Gasteiger partial charge in [-0.1, -0.05) is 48.5 Å². The second-order valence-corrected chi connectivity index (χ2v) is 8.50. The molecule has 30 heavy (non-hydrogen) atoms. The lowest BCUT2D eigenvalue weighted by Crippen LogP contribution is -2.41. The Morgan fingerprint density at radius 1 is 1.30 bits per heavy atom. The summed E-state index contributed by atoms with van der Waals surface area (Å²) in [7, 11) is 1.57. The highest BCUT2D eigenvalue weighted by molar-refractivity contribution is 8.00. The standard InChI is InChI=1S/C21H22ClN5O2S/c1-4-17-24-25-21-27(17)26-18(13-8-9-16(29-3)15(22)11-13)19(30-21)20(28)23-14-7-5-6-12(2)10-14/h5-11,18-19,26H,4H2,1-3H3,(H,23,28)/t18-,19+/m1/s1. The average molecular weight is 444 g/mol. The second kappa shape index (κ2) is 8.57. The van der Waals surface area contributed by atoms with Gasteiger partial charge < -0.3 is 15.5 Å². The molecule has 2 atom stereocenters. The number of amides is 1. The van der Waals surface area contributed by atoms with Crippen molar-refractivity contribution < 1.29 is 9.53 Å². The van der Waals surface area contributed by atoms with Crippen LogP contribution in [0.2, 0.25) is 5.02 Å². The number of ether oxygens (including phenoxy) is 1. The van der Waals surface area contributed by atoms with Crippen LogP contribution >= 0.6 is 23.4 Å². The number of methoxy groups -OCH3 is 1. The Hall–Kier alpha value is -2.71. The van der Waals surface area contributed by atoms with Crippen LogP contribution in [-0.4, -0.2) is 33.1 Å². The first-order chi connectivity index (χ1) is 14.5. The van der Waals surface area contributed by atoms with Crippen molar-refractivity contribution in [2.75, 3.05) is 17.9 Å². The fraction of sp³-hybridized carbons (Fsp3) is 0.286. The minimum absolute atomic E-state index is 0.123. The number of hydrogen-bond acceptors (Lipinski definition) is 6. The van der Waals surface area contributed by atoms with Crippen LogP contribution in [0.1, 0.15) is 29.9 Å². The zero-order valence-corrected chi connectivity index (χ0v) is 18.4. The van der Waals surface area contributed by atoms with Gasteiger partial charge in [0.05, 0.1) is 18.2 Å². The van der Waals surface area contributed by atoms with E-state index in [4.69, 9.17) is 16.3 Å². The van der Waals surface area contributed by atoms with Gasteiger partial charge in [0.25, 0.3) is 0 Å². The second-order valence-electron chi connectivity index (χ2n) is 6.99. The third kappa shape index (κ3) is 3.97. The van der Waals surface area contributed by atoms with E-state index >= 15 is 0 Å². The minimum atomic E-state index is -0.476. The molecule has 0 saturated heterocycles. The third-order valence-electron chi connectivity index (χ3n) is 4.90. The summed E-state index contributed by atoms with van der Waals surface area (Å²) in [5, 5.41) is 12.2. The van der Waals surface area contributed by atoms with Gasteiger partial charge in [0.15, 0.2) is 5.82 Å². The lowest BCUT2D eigenvalue weighted by Gasteiger charge is -2.33. The summed E-state index contributed by atoms with van der Waals surface area (Å²) < 4.78 is 7.12. The minimum Gasteiger partial charge on any atom is -0.495 e. The Bertz CT molecular complexity index is 1090. The number of halogens is 1. The molecule has 0 fully saturated rings. The Morgan fingerprint density at radius 3 is 2.83 bits per heavy atom. The lowest BCUT2D eigenvalue weighted by molar-refractivity contribution is -0.116. The van der Waals surface area contributed by atoms with E-state index in [-0.39, 0.29) is 11.9 Å². The number of fused-ring (bicyclic) bond motifs is 1. The quantitative estimate of drug-likeness (QED) is 0.614. The molecular weight excluding hydrogens is 422 g/mol. The Kier molecular flexibility index (Phi) is 5.87. The van der Waals surface area contributed by atoms with Crippen molar-refractivity contribution in [3.05, 3.63) is 64.4 Å². The maximum absolute atomic E-state index is 13.3. The smallest absolute Gasteiger partial charge is 0.240 e. The molecule has 0 aliphatic carbocycles. The van der Waals surface area contributed by atoms with Gasteiger partial charge in [-0.15, -0.1) is 10.2 Å². The Labute approximate surface area is 184 Å². The van der Waals surface area contributed by atoms with E-state index in [1.54, 1.807) is 7.11 Å². The molecule has 7 nitrogen and oxygen atoms in total. The first-order valence-electron chi connectivity index (χ1n) is 9.58. The van der Waals surface area contributed by atoms with Gasteiger partial charge in [0.2, 0.25) is 11.1 Å². The van der Waals surface area contributed by atoms with Gasteiger partial charge in [0.1, 0.15) is 11.0 Å². The zero-order chi connectivity index (χ0) is 21.3. The van der Waals surface area contributed by atoms with Crippen LogP contribution in [0.4, 0.5) is 5.69 Å². The number of rotatable bonds is 5. The van der Waals surface area contributed by atoms with E-state index in [2.05, 4.69) is 20.9 Å². The summed E-state index contributed by atoms with van der Waals surface area (Å²) in [4.78, 5) is 13.3. The van der Waals surface area contributed by atoms with Crippen molar-refractivity contribution >= 4 is 35.0 Å². The molecule has 4 rings (SSSR count). The molecule has 0 bridgehead atoms. The van der Waals surface area contributed by atoms with Gasteiger partial charge in [-0.05, 0) is 42.3 Å². The number of carbonyl (C=O) groups is 1. The summed E-state index contributed by atoms with van der Waals surface area (Å²) in [6.07, 6.45) is 0.719. The largest absolute Gasteiger partial charge is 0.495 e. The Balaban J connectivity index is 1.69. The molecule has 0 unspecified atom stereocenters. The van der Waals surface area contributed by atoms with E-state index in [9.17, 15) is 4.79 Å². The van der Waals surface area contributed by atoms with Crippen molar-refractivity contribution in [3.8, 4) is 5.75 Å². The van der Waals surface area contributed by atoms with Crippen LogP contribution in [0, 0.1) is 6.92 Å². The first-order valence-corrected chi connectivity index (χ1v) is 10.8. The number of carbonyl (C=O) groups excluding carboxylic acids is 1. The van der Waals surface area contributed by atoms with Crippen LogP contribution in [0.5, 0.6) is 5.75 Å². The van der Waals surface area contributed by atoms with Gasteiger partial charge in [-0.25, -0.2) is 4.68 Å². The highest BCUT2D eigenvalue weighted by atomic mass is 35.5. The molecule has 2 aromatic carbocycles. The highest BCUT2D eigenvalue weighted by Gasteiger charge is 2.38. The van der Waals surface area contributed by atoms with Gasteiger partial charge in [-0.2, -0.15) is 0 Å². The van der Waals surface area contributed by atoms with Crippen LogP contribution in [-0.2, 0) is 11.2 Å². The summed E-state index contributed by atoms with van der Waals surface area (Å²) >= 11 is 7.75. The monoisotopic (exact) mass is 443 g/mol. The molecule has 2 N–H and O–H groups in total. The molecule has 156 valence electrons. The normalized spacial score (nSPS) is 17.7. The van der Waals surface area contributed by atoms with E-state index in [1.165, 1.54) is 11.8 Å². The van der Waals surface area contributed by atoms with Gasteiger partial charge in [0, 0.05) is 12.1 Å². The number of aromatic nitrogens is 3. The van der Waals surface area contributed by atoms with E-state index in [1.807, 2.05) is 61.0 Å². The van der Waals surface area contributed by atoms with Crippen molar-refractivity contribution in [2.24, 2.45) is 0 Å². The maximum atomic E-state index is 13.3. The summed E-state index contributed by atoms with van der Waals surface area (Å²) in [5.41, 5.74) is 6.13. The summed E-state index contributed by atoms with van der Waals surface area (Å²) in [6, 6.07) is 12.9. The molecular formula is C21H22ClN5O2S. The molecule has 0 saturated carbocycles. The SMILES string of the molecule is CCc1nnc2n1N[C@H](c1ccc(OC)c(Cl)c1)[C@@H](C(=O)Nc1cccc(C)c1)S2. The molecule has 1 amide bonds. The molecule has 1 aromatic heterocycles. The van der Waals surface area contributed by atoms with Crippen molar-refractivity contribution in [3.63, 3.8) is 0 Å². The number of anilines is 1. The number of thioether (sulfide) groups is 1. The predicted octanol–water partition coefficient (Wildman–Crippen LogP) is 4.21. The van der Waals surface area contributed by atoms with E-state index < -0.39 is 5.25 Å². The topological polar surface area (TPSA) is 81.1 Å². The summed E-state index contributed by atoms with van der Waals surface area (Å²) in [6.45, 7) is 4.00. The fourth-order valence-corrected chi connectivity index (χ4v) is 4.75. The Morgan fingerprint density at radius 2 is 2.13 bits per heavy atom. The molecule has 0 radical (unpaired) electrons. The van der Waals surface area contributed by atoms with Crippen LogP contribution < -0.4 is 15.5 Å². The van der Waals surface area contributed by atoms with Crippen molar-refractivity contribution in [1.82, 2.24) is 14.9 Å². The number of nitrogens with one attached hydrogen (secondary N) is 2. The van der Waals surface area contributed by atoms with Crippen LogP contribution in [0.3, 0.4) is 0 Å². The van der Waals surface area contributed by atoms with Crippen LogP contribution in [0.15, 0.2) is 47.6 Å². The molecule has 1 aliphatic rings. The molecule has 9 heteroatoms. The molecule has 2 heterocycles. The maximum Gasteiger partial charge on any atom is 0.240 e. The highest BCUT2D eigenvalue weighted by Crippen LogP contribution is 2.39. The third-order valence-corrected chi connectivity index (χ3v) is 6.41. The van der Waals surface area contributed by atoms with Crippen LogP contribution in [0.25, 0.3) is 0 Å². The number of nitrogens with zero attached hydrogens (tertiary/aromatic N) is 3. The zero-order valence-electron chi connectivity index (χ0n) is 16.8. The fourth-order valence-electron chi connectivity index (χ4n) is 3.39. The van der Waals surface area contributed by atoms with E-state index in [0.717, 1.165) is 29.1 Å². The molecule has 0 spiro atoms. The van der Waals surface area contributed by atoms with Crippen molar-refractivity contribution in [1.29, 1.82) is 0 Å². The van der Waals surface area contributed by atoms with Crippen molar-refractivity contribution in [2.45, 2.75) is 36.7 Å². The van der Waals surface area contributed by atoms with E-state index in [0.29, 0.717) is 15.9 Å². The number of aryl methyl sites for hydroxylation is 2. The number of benzene rings is 2. The predicted molar refractivity (Wildman–Crippen MR) is 119 cm³/mol. The van der Waals surface area contributed by atoms with Gasteiger partial charge >= 0.3 is 0 Å². The lowest BCUT2D eigenvalue weighted by atomic mass is 10.0. The summed E-state index contributed by atoms with van der Waals surface area (Å²) in [5.74, 6) is 1.27. The molecule has 3 aromatic rings. The first kappa shape index (κ1) is 20.6. The average Bonchev–Trinajstić information content (AvgIpc) is 3.15. The number of hydrogen-bond donors (Lipinski definition) is 2. The molecule has 1 aliphatic heterocycles.